The molecule has 0 saturated heterocycles. The summed E-state index contributed by atoms with van der Waals surface area (Å²) < 4.78 is 1.65. The van der Waals surface area contributed by atoms with Gasteiger partial charge in [-0.3, -0.25) is 0 Å². The molecule has 0 aromatic carbocycles. The summed E-state index contributed by atoms with van der Waals surface area (Å²) in [6, 6.07) is 1.76. The Morgan fingerprint density at radius 2 is 2.42 bits per heavy atom. The average molecular weight is 201 g/mol. The van der Waals surface area contributed by atoms with Crippen molar-refractivity contribution in [1.29, 1.82) is 0 Å². The van der Waals surface area contributed by atoms with Crippen LogP contribution in [0.25, 0.3) is 5.78 Å². The summed E-state index contributed by atoms with van der Waals surface area (Å²) in [5.41, 5.74) is 0. The highest BCUT2D eigenvalue weighted by Gasteiger charge is 2.03. The fraction of sp³-hybridized carbons (Fsp3) is 0.167. The van der Waals surface area contributed by atoms with E-state index in [9.17, 15) is 0 Å². The molecule has 0 amide bonds. The summed E-state index contributed by atoms with van der Waals surface area (Å²) in [4.78, 5) is 7.92. The van der Waals surface area contributed by atoms with Crippen molar-refractivity contribution >= 4 is 29.1 Å². The molecule has 0 saturated carbocycles. The second-order valence-electron chi connectivity index (χ2n) is 2.09. The Labute approximate surface area is 78.0 Å². The molecule has 0 unspecified atom stereocenters. The van der Waals surface area contributed by atoms with Crippen LogP contribution >= 0.6 is 23.4 Å². The molecule has 4 nitrogen and oxygen atoms in total. The number of fused-ring (bicyclic) bond motifs is 1. The largest absolute Gasteiger partial charge is 0.254 e. The number of hydrogen-bond acceptors (Lipinski definition) is 4. The van der Waals surface area contributed by atoms with Gasteiger partial charge in [0.15, 0.2) is 0 Å². The van der Waals surface area contributed by atoms with E-state index < -0.39 is 0 Å². The molecule has 2 heterocycles. The SMILES string of the molecule is CSc1cc(Cl)nc2ncnn12. The molecule has 0 radical (unpaired) electrons. The van der Waals surface area contributed by atoms with E-state index in [1.54, 1.807) is 22.3 Å². The Kier molecular flexibility index (Phi) is 1.90. The molecule has 0 aliphatic carbocycles. The van der Waals surface area contributed by atoms with Crippen LogP contribution in [-0.2, 0) is 0 Å². The summed E-state index contributed by atoms with van der Waals surface area (Å²) in [6.45, 7) is 0. The number of halogens is 1. The lowest BCUT2D eigenvalue weighted by atomic mass is 10.7. The fourth-order valence-electron chi connectivity index (χ4n) is 0.903. The lowest BCUT2D eigenvalue weighted by Gasteiger charge is -1.98. The first kappa shape index (κ1) is 7.82. The standard InChI is InChI=1S/C6H5ClN4S/c1-12-5-2-4(7)10-6-8-3-9-11(5)6/h2-3H,1H3. The first-order valence-electron chi connectivity index (χ1n) is 3.21. The smallest absolute Gasteiger partial charge is 0.199 e. The molecule has 0 atom stereocenters. The van der Waals surface area contributed by atoms with Gasteiger partial charge in [0, 0.05) is 6.07 Å². The highest BCUT2D eigenvalue weighted by atomic mass is 35.5. The lowest BCUT2D eigenvalue weighted by Crippen LogP contribution is -1.94. The Morgan fingerprint density at radius 1 is 1.58 bits per heavy atom. The Hall–Kier alpha value is -0.810. The van der Waals surface area contributed by atoms with Crippen LogP contribution in [0.2, 0.25) is 5.15 Å². The molecule has 6 heteroatoms. The number of rotatable bonds is 1. The van der Waals surface area contributed by atoms with Gasteiger partial charge in [-0.2, -0.15) is 19.6 Å². The number of nitrogens with zero attached hydrogens (tertiary/aromatic N) is 4. The van der Waals surface area contributed by atoms with Gasteiger partial charge in [0.1, 0.15) is 16.5 Å². The van der Waals surface area contributed by atoms with E-state index in [1.807, 2.05) is 6.26 Å². The van der Waals surface area contributed by atoms with Gasteiger partial charge in [-0.05, 0) is 6.26 Å². The maximum Gasteiger partial charge on any atom is 0.254 e. The minimum atomic E-state index is 0.444. The van der Waals surface area contributed by atoms with Gasteiger partial charge in [-0.25, -0.2) is 0 Å². The molecule has 2 rings (SSSR count). The molecule has 2 aromatic rings. The van der Waals surface area contributed by atoms with E-state index in [-0.39, 0.29) is 0 Å². The van der Waals surface area contributed by atoms with Gasteiger partial charge in [0.05, 0.1) is 0 Å². The first-order valence-corrected chi connectivity index (χ1v) is 4.82. The van der Waals surface area contributed by atoms with Crippen molar-refractivity contribution in [2.75, 3.05) is 6.26 Å². The quantitative estimate of drug-likeness (QED) is 0.517. The Balaban J connectivity index is 2.80. The average Bonchev–Trinajstić information content (AvgIpc) is 2.50. The third kappa shape index (κ3) is 1.15. The first-order chi connectivity index (χ1) is 5.81. The molecule has 62 valence electrons. The Bertz CT molecular complexity index is 413. The molecule has 0 aliphatic rings. The van der Waals surface area contributed by atoms with Crippen LogP contribution in [0.4, 0.5) is 0 Å². The monoisotopic (exact) mass is 200 g/mol. The Morgan fingerprint density at radius 3 is 3.17 bits per heavy atom. The van der Waals surface area contributed by atoms with Crippen LogP contribution in [0.5, 0.6) is 0 Å². The van der Waals surface area contributed by atoms with Crippen molar-refractivity contribution in [3.05, 3.63) is 17.5 Å². The normalized spacial score (nSPS) is 10.8. The van der Waals surface area contributed by atoms with Crippen LogP contribution in [-0.4, -0.2) is 25.8 Å². The summed E-state index contributed by atoms with van der Waals surface area (Å²) in [5.74, 6) is 0.534. The number of hydrogen-bond donors (Lipinski definition) is 0. The molecule has 0 N–H and O–H groups in total. The summed E-state index contributed by atoms with van der Waals surface area (Å²) >= 11 is 7.31. The van der Waals surface area contributed by atoms with Crippen molar-refractivity contribution in [2.24, 2.45) is 0 Å². The second kappa shape index (κ2) is 2.91. The van der Waals surface area contributed by atoms with Crippen molar-refractivity contribution in [1.82, 2.24) is 19.6 Å². The third-order valence-corrected chi connectivity index (χ3v) is 2.30. The molecule has 12 heavy (non-hydrogen) atoms. The minimum Gasteiger partial charge on any atom is -0.199 e. The molecule has 2 aromatic heterocycles. The van der Waals surface area contributed by atoms with Crippen molar-refractivity contribution in [3.8, 4) is 0 Å². The van der Waals surface area contributed by atoms with E-state index >= 15 is 0 Å². The molecular weight excluding hydrogens is 196 g/mol. The van der Waals surface area contributed by atoms with Gasteiger partial charge in [0.2, 0.25) is 0 Å². The van der Waals surface area contributed by atoms with Gasteiger partial charge >= 0.3 is 0 Å². The summed E-state index contributed by atoms with van der Waals surface area (Å²) in [5, 5.41) is 5.37. The fourth-order valence-corrected chi connectivity index (χ4v) is 1.68. The van der Waals surface area contributed by atoms with E-state index in [0.29, 0.717) is 10.9 Å². The van der Waals surface area contributed by atoms with Crippen molar-refractivity contribution in [2.45, 2.75) is 5.03 Å². The van der Waals surface area contributed by atoms with E-state index in [4.69, 9.17) is 11.6 Å². The van der Waals surface area contributed by atoms with Crippen LogP contribution in [0, 0.1) is 0 Å². The summed E-state index contributed by atoms with van der Waals surface area (Å²) in [7, 11) is 0. The lowest BCUT2D eigenvalue weighted by molar-refractivity contribution is 0.844. The minimum absolute atomic E-state index is 0.444. The summed E-state index contributed by atoms with van der Waals surface area (Å²) in [6.07, 6.45) is 3.41. The van der Waals surface area contributed by atoms with Crippen LogP contribution in [0.15, 0.2) is 17.4 Å². The van der Waals surface area contributed by atoms with Gasteiger partial charge in [0.25, 0.3) is 5.78 Å². The van der Waals surface area contributed by atoms with Gasteiger partial charge < -0.3 is 0 Å². The molecule has 0 aliphatic heterocycles. The van der Waals surface area contributed by atoms with Crippen molar-refractivity contribution in [3.63, 3.8) is 0 Å². The zero-order valence-corrected chi connectivity index (χ0v) is 7.80. The predicted octanol–water partition coefficient (Wildman–Crippen LogP) is 1.50. The van der Waals surface area contributed by atoms with Gasteiger partial charge in [-0.15, -0.1) is 11.8 Å². The van der Waals surface area contributed by atoms with E-state index in [2.05, 4.69) is 15.1 Å². The topological polar surface area (TPSA) is 43.1 Å². The van der Waals surface area contributed by atoms with Crippen LogP contribution < -0.4 is 0 Å². The maximum absolute atomic E-state index is 5.75. The third-order valence-electron chi connectivity index (χ3n) is 1.40. The van der Waals surface area contributed by atoms with Gasteiger partial charge in [-0.1, -0.05) is 11.6 Å². The van der Waals surface area contributed by atoms with E-state index in [1.165, 1.54) is 6.33 Å². The zero-order chi connectivity index (χ0) is 8.55. The highest BCUT2D eigenvalue weighted by Crippen LogP contribution is 2.17. The van der Waals surface area contributed by atoms with Crippen molar-refractivity contribution < 1.29 is 0 Å². The molecule has 0 fully saturated rings. The number of thioether (sulfide) groups is 1. The van der Waals surface area contributed by atoms with Crippen LogP contribution in [0.3, 0.4) is 0 Å². The highest BCUT2D eigenvalue weighted by molar-refractivity contribution is 7.98. The van der Waals surface area contributed by atoms with Crippen LogP contribution in [0.1, 0.15) is 0 Å². The molecular formula is C6H5ClN4S. The maximum atomic E-state index is 5.75. The molecule has 0 bridgehead atoms. The second-order valence-corrected chi connectivity index (χ2v) is 3.31. The van der Waals surface area contributed by atoms with E-state index in [0.717, 1.165) is 5.03 Å². The number of aromatic nitrogens is 4. The zero-order valence-electron chi connectivity index (χ0n) is 6.23. The molecule has 0 spiro atoms. The predicted molar refractivity (Wildman–Crippen MR) is 47.6 cm³/mol.